The number of halogens is 1. The normalized spacial score (nSPS) is 19.7. The molecular formula is C14H21BFNO5S. The van der Waals surface area contributed by atoms with E-state index in [-0.39, 0.29) is 11.4 Å². The lowest BCUT2D eigenvalue weighted by Gasteiger charge is -2.32. The summed E-state index contributed by atoms with van der Waals surface area (Å²) in [5, 5.41) is 0. The van der Waals surface area contributed by atoms with Crippen molar-refractivity contribution in [1.29, 1.82) is 0 Å². The minimum Gasteiger partial charge on any atom is -0.492 e. The average molecular weight is 345 g/mol. The fraction of sp³-hybridized carbons (Fsp3) is 0.571. The van der Waals surface area contributed by atoms with Gasteiger partial charge < -0.3 is 14.0 Å². The number of sulfonamides is 1. The van der Waals surface area contributed by atoms with Gasteiger partial charge in [-0.05, 0) is 45.3 Å². The molecule has 0 atom stereocenters. The predicted octanol–water partition coefficient (Wildman–Crippen LogP) is 1.50. The van der Waals surface area contributed by atoms with Gasteiger partial charge in [0.15, 0.2) is 11.6 Å². The van der Waals surface area contributed by atoms with Crippen LogP contribution in [0.25, 0.3) is 0 Å². The lowest BCUT2D eigenvalue weighted by molar-refractivity contribution is 0.00578. The summed E-state index contributed by atoms with van der Waals surface area (Å²) in [6.45, 7) is 7.51. The van der Waals surface area contributed by atoms with Crippen molar-refractivity contribution in [3.05, 3.63) is 17.9 Å². The molecule has 1 saturated heterocycles. The van der Waals surface area contributed by atoms with Crippen LogP contribution in [0.2, 0.25) is 0 Å². The van der Waals surface area contributed by atoms with Gasteiger partial charge in [-0.1, -0.05) is 0 Å². The highest BCUT2D eigenvalue weighted by Gasteiger charge is 2.52. The minimum absolute atomic E-state index is 0.000266. The van der Waals surface area contributed by atoms with Crippen LogP contribution in [0.1, 0.15) is 27.7 Å². The van der Waals surface area contributed by atoms with Crippen LogP contribution in [-0.2, 0) is 19.3 Å². The van der Waals surface area contributed by atoms with E-state index in [2.05, 4.69) is 4.72 Å². The molecule has 0 spiro atoms. The molecule has 2 rings (SSSR count). The van der Waals surface area contributed by atoms with Crippen molar-refractivity contribution < 1.29 is 26.9 Å². The second-order valence-electron chi connectivity index (χ2n) is 6.55. The number of methoxy groups -OCH3 is 1. The Hall–Kier alpha value is -1.32. The van der Waals surface area contributed by atoms with Crippen LogP contribution in [0.4, 0.5) is 10.1 Å². The highest BCUT2D eigenvalue weighted by molar-refractivity contribution is 7.92. The van der Waals surface area contributed by atoms with E-state index in [4.69, 9.17) is 14.0 Å². The van der Waals surface area contributed by atoms with Crippen molar-refractivity contribution in [3.8, 4) is 5.75 Å². The molecule has 9 heteroatoms. The molecule has 0 aromatic heterocycles. The molecular weight excluding hydrogens is 324 g/mol. The Balaban J connectivity index is 2.46. The topological polar surface area (TPSA) is 73.9 Å². The van der Waals surface area contributed by atoms with E-state index < -0.39 is 34.2 Å². The van der Waals surface area contributed by atoms with Crippen molar-refractivity contribution in [2.75, 3.05) is 18.1 Å². The Labute approximate surface area is 136 Å². The molecule has 0 aliphatic carbocycles. The lowest BCUT2D eigenvalue weighted by atomic mass is 9.78. The van der Waals surface area contributed by atoms with Gasteiger partial charge in [0.2, 0.25) is 10.0 Å². The molecule has 1 aliphatic heterocycles. The summed E-state index contributed by atoms with van der Waals surface area (Å²) < 4.78 is 56.1. The van der Waals surface area contributed by atoms with Gasteiger partial charge in [-0.25, -0.2) is 12.8 Å². The quantitative estimate of drug-likeness (QED) is 0.838. The molecule has 1 aromatic carbocycles. The number of benzene rings is 1. The second-order valence-corrected chi connectivity index (χ2v) is 8.29. The van der Waals surface area contributed by atoms with Gasteiger partial charge in [-0.2, -0.15) is 0 Å². The van der Waals surface area contributed by atoms with Gasteiger partial charge >= 0.3 is 7.12 Å². The molecule has 0 amide bonds. The average Bonchev–Trinajstić information content (AvgIpc) is 2.56. The van der Waals surface area contributed by atoms with Crippen LogP contribution in [0, 0.1) is 5.82 Å². The first-order valence-electron chi connectivity index (χ1n) is 7.07. The highest BCUT2D eigenvalue weighted by Crippen LogP contribution is 2.37. The largest absolute Gasteiger partial charge is 0.495 e. The first kappa shape index (κ1) is 18.0. The van der Waals surface area contributed by atoms with Crippen LogP contribution >= 0.6 is 0 Å². The van der Waals surface area contributed by atoms with E-state index in [1.807, 2.05) is 27.7 Å². The standard InChI is InChI=1S/C14H21BFNO5S/c1-13(2)14(3,4)22-15(21-13)9-7-10(16)12(20-5)11(8-9)17-23(6,18)19/h7-8,17H,1-6H3. The summed E-state index contributed by atoms with van der Waals surface area (Å²) in [7, 11) is -3.13. The number of ether oxygens (including phenoxy) is 1. The van der Waals surface area contributed by atoms with Gasteiger partial charge in [0.05, 0.1) is 30.3 Å². The zero-order valence-corrected chi connectivity index (χ0v) is 14.9. The first-order chi connectivity index (χ1) is 10.4. The second kappa shape index (κ2) is 5.64. The smallest absolute Gasteiger partial charge is 0.492 e. The van der Waals surface area contributed by atoms with Crippen molar-refractivity contribution >= 4 is 28.3 Å². The lowest BCUT2D eigenvalue weighted by Crippen LogP contribution is -2.41. The predicted molar refractivity (Wildman–Crippen MR) is 87.1 cm³/mol. The molecule has 0 unspecified atom stereocenters. The van der Waals surface area contributed by atoms with Crippen molar-refractivity contribution in [2.24, 2.45) is 0 Å². The Morgan fingerprint density at radius 3 is 2.13 bits per heavy atom. The van der Waals surface area contributed by atoms with Crippen molar-refractivity contribution in [2.45, 2.75) is 38.9 Å². The summed E-state index contributed by atoms with van der Waals surface area (Å²) in [5.41, 5.74) is -0.801. The zero-order chi connectivity index (χ0) is 17.6. The van der Waals surface area contributed by atoms with Gasteiger partial charge in [0.1, 0.15) is 0 Å². The van der Waals surface area contributed by atoms with Crippen LogP contribution < -0.4 is 14.9 Å². The third-order valence-corrected chi connectivity index (χ3v) is 4.68. The molecule has 128 valence electrons. The highest BCUT2D eigenvalue weighted by atomic mass is 32.2. The summed E-state index contributed by atoms with van der Waals surface area (Å²) in [6, 6.07) is 2.67. The van der Waals surface area contributed by atoms with Gasteiger partial charge in [-0.15, -0.1) is 0 Å². The monoisotopic (exact) mass is 345 g/mol. The Kier molecular flexibility index (Phi) is 4.42. The Morgan fingerprint density at radius 1 is 1.17 bits per heavy atom. The number of anilines is 1. The van der Waals surface area contributed by atoms with E-state index in [9.17, 15) is 12.8 Å². The first-order valence-corrected chi connectivity index (χ1v) is 8.96. The molecule has 6 nitrogen and oxygen atoms in total. The van der Waals surface area contributed by atoms with Gasteiger partial charge in [-0.3, -0.25) is 4.72 Å². The molecule has 1 fully saturated rings. The van der Waals surface area contributed by atoms with E-state index in [0.717, 1.165) is 6.26 Å². The summed E-state index contributed by atoms with van der Waals surface area (Å²) in [4.78, 5) is 0. The molecule has 1 aliphatic rings. The molecule has 23 heavy (non-hydrogen) atoms. The minimum atomic E-state index is -3.59. The molecule has 0 bridgehead atoms. The van der Waals surface area contributed by atoms with E-state index in [1.54, 1.807) is 0 Å². The molecule has 1 aromatic rings. The maximum atomic E-state index is 14.3. The number of rotatable bonds is 4. The molecule has 1 heterocycles. The molecule has 0 radical (unpaired) electrons. The Morgan fingerprint density at radius 2 is 1.70 bits per heavy atom. The SMILES string of the molecule is COc1c(F)cc(B2OC(C)(C)C(C)(C)O2)cc1NS(C)(=O)=O. The van der Waals surface area contributed by atoms with Crippen molar-refractivity contribution in [3.63, 3.8) is 0 Å². The number of nitrogens with one attached hydrogen (secondary N) is 1. The third-order valence-electron chi connectivity index (χ3n) is 4.09. The maximum absolute atomic E-state index is 14.3. The third kappa shape index (κ3) is 3.62. The van der Waals surface area contributed by atoms with Crippen LogP contribution in [0.15, 0.2) is 12.1 Å². The summed E-state index contributed by atoms with van der Waals surface area (Å²) in [6.07, 6.45) is 0.978. The van der Waals surface area contributed by atoms with E-state index in [0.29, 0.717) is 5.46 Å². The molecule has 0 saturated carbocycles. The van der Waals surface area contributed by atoms with Crippen LogP contribution in [-0.4, -0.2) is 40.1 Å². The van der Waals surface area contributed by atoms with E-state index in [1.165, 1.54) is 19.2 Å². The molecule has 1 N–H and O–H groups in total. The van der Waals surface area contributed by atoms with Crippen molar-refractivity contribution in [1.82, 2.24) is 0 Å². The zero-order valence-electron chi connectivity index (χ0n) is 14.1. The fourth-order valence-corrected chi connectivity index (χ4v) is 2.76. The van der Waals surface area contributed by atoms with Gasteiger partial charge in [0, 0.05) is 0 Å². The summed E-state index contributed by atoms with van der Waals surface area (Å²) in [5.74, 6) is -0.887. The van der Waals surface area contributed by atoms with Crippen LogP contribution in [0.5, 0.6) is 5.75 Å². The Bertz CT molecular complexity index is 704. The number of hydrogen-bond donors (Lipinski definition) is 1. The van der Waals surface area contributed by atoms with Gasteiger partial charge in [0.25, 0.3) is 0 Å². The number of hydrogen-bond acceptors (Lipinski definition) is 5. The summed E-state index contributed by atoms with van der Waals surface area (Å²) >= 11 is 0. The van der Waals surface area contributed by atoms with E-state index >= 15 is 0 Å². The fourth-order valence-electron chi connectivity index (χ4n) is 2.21. The van der Waals surface area contributed by atoms with Crippen LogP contribution in [0.3, 0.4) is 0 Å². The maximum Gasteiger partial charge on any atom is 0.495 e.